The Bertz CT molecular complexity index is 1040. The van der Waals surface area contributed by atoms with E-state index in [2.05, 4.69) is 5.32 Å². The Morgan fingerprint density at radius 3 is 2.37 bits per heavy atom. The van der Waals surface area contributed by atoms with E-state index < -0.39 is 17.4 Å². The van der Waals surface area contributed by atoms with Crippen LogP contribution in [-0.4, -0.2) is 21.6 Å². The van der Waals surface area contributed by atoms with Crippen molar-refractivity contribution in [2.75, 3.05) is 0 Å². The number of nitrogens with zero attached hydrogens (tertiary/aromatic N) is 1. The molecule has 0 saturated carbocycles. The van der Waals surface area contributed by atoms with E-state index in [1.165, 1.54) is 6.07 Å². The predicted molar refractivity (Wildman–Crippen MR) is 102 cm³/mol. The first kappa shape index (κ1) is 18.4. The van der Waals surface area contributed by atoms with Gasteiger partial charge in [-0.05, 0) is 24.1 Å². The second-order valence-corrected chi connectivity index (χ2v) is 6.30. The predicted octanol–water partition coefficient (Wildman–Crippen LogP) is 2.51. The third kappa shape index (κ3) is 3.46. The number of aromatic nitrogens is 1. The lowest BCUT2D eigenvalue weighted by molar-refractivity contribution is -0.148. The van der Waals surface area contributed by atoms with E-state index in [1.54, 1.807) is 72.3 Å². The fraction of sp³-hybridized carbons (Fsp3) is 0.190. The molecule has 0 fully saturated rings. The van der Waals surface area contributed by atoms with Crippen LogP contribution in [0.15, 0.2) is 71.7 Å². The molecule has 6 nitrogen and oxygen atoms in total. The number of hydrogen-bond donors (Lipinski definition) is 2. The van der Waals surface area contributed by atoms with Gasteiger partial charge in [-0.3, -0.25) is 9.59 Å². The number of amides is 1. The Morgan fingerprint density at radius 1 is 1.04 bits per heavy atom. The van der Waals surface area contributed by atoms with Crippen LogP contribution in [0.2, 0.25) is 0 Å². The zero-order valence-electron chi connectivity index (χ0n) is 14.9. The minimum Gasteiger partial charge on any atom is -0.479 e. The molecule has 1 heterocycles. The summed E-state index contributed by atoms with van der Waals surface area (Å²) in [4.78, 5) is 36.7. The van der Waals surface area contributed by atoms with Crippen molar-refractivity contribution in [3.05, 3.63) is 82.6 Å². The fourth-order valence-corrected chi connectivity index (χ4v) is 3.25. The lowest BCUT2D eigenvalue weighted by Gasteiger charge is -2.30. The monoisotopic (exact) mass is 364 g/mol. The van der Waals surface area contributed by atoms with Gasteiger partial charge < -0.3 is 15.0 Å². The molecule has 3 rings (SSSR count). The third-order valence-electron chi connectivity index (χ3n) is 4.71. The van der Waals surface area contributed by atoms with E-state index in [-0.39, 0.29) is 18.4 Å². The second-order valence-electron chi connectivity index (χ2n) is 6.30. The summed E-state index contributed by atoms with van der Waals surface area (Å²) in [5.41, 5.74) is -0.497. The molecule has 0 aliphatic heterocycles. The molecule has 3 aromatic rings. The normalized spacial score (nSPS) is 13.1. The average molecular weight is 364 g/mol. The standard InChI is InChI=1S/C21H20N2O4/c1-2-21(20(26)27,15-8-4-3-5-9-15)22-19(25)14-23-13-12-18(24)16-10-6-7-11-17(16)23/h3-13H,2,14H2,1H3,(H,22,25)(H,26,27). The maximum Gasteiger partial charge on any atom is 0.334 e. The van der Waals surface area contributed by atoms with E-state index in [0.29, 0.717) is 16.5 Å². The highest BCUT2D eigenvalue weighted by atomic mass is 16.4. The van der Waals surface area contributed by atoms with Gasteiger partial charge in [0.15, 0.2) is 11.0 Å². The number of carboxylic acids is 1. The minimum atomic E-state index is -1.51. The molecule has 0 saturated heterocycles. The molecule has 138 valence electrons. The summed E-state index contributed by atoms with van der Waals surface area (Å²) in [6, 6.07) is 17.0. The number of carboxylic acid groups (broad SMARTS) is 1. The number of para-hydroxylation sites is 1. The number of carbonyl (C=O) groups excluding carboxylic acids is 1. The van der Waals surface area contributed by atoms with Crippen LogP contribution in [0.4, 0.5) is 0 Å². The summed E-state index contributed by atoms with van der Waals surface area (Å²) in [6.07, 6.45) is 1.74. The van der Waals surface area contributed by atoms with Gasteiger partial charge in [0.05, 0.1) is 5.52 Å². The third-order valence-corrected chi connectivity index (χ3v) is 4.71. The van der Waals surface area contributed by atoms with Gasteiger partial charge in [0.1, 0.15) is 6.54 Å². The summed E-state index contributed by atoms with van der Waals surface area (Å²) in [5.74, 6) is -1.56. The SMILES string of the molecule is CCC(NC(=O)Cn1ccc(=O)c2ccccc21)(C(=O)O)c1ccccc1. The number of aliphatic carboxylic acids is 1. The van der Waals surface area contributed by atoms with Crippen molar-refractivity contribution in [2.45, 2.75) is 25.4 Å². The van der Waals surface area contributed by atoms with Gasteiger partial charge in [-0.1, -0.05) is 49.4 Å². The van der Waals surface area contributed by atoms with Crippen molar-refractivity contribution in [1.29, 1.82) is 0 Å². The Hall–Kier alpha value is -3.41. The van der Waals surface area contributed by atoms with Gasteiger partial charge in [-0.2, -0.15) is 0 Å². The maximum absolute atomic E-state index is 12.7. The Kier molecular flexibility index (Phi) is 5.07. The Labute approximate surface area is 156 Å². The van der Waals surface area contributed by atoms with Crippen LogP contribution in [0, 0.1) is 0 Å². The van der Waals surface area contributed by atoms with E-state index >= 15 is 0 Å². The van der Waals surface area contributed by atoms with Crippen molar-refractivity contribution in [1.82, 2.24) is 9.88 Å². The summed E-state index contributed by atoms with van der Waals surface area (Å²) < 4.78 is 1.64. The van der Waals surface area contributed by atoms with Crippen LogP contribution in [0.5, 0.6) is 0 Å². The van der Waals surface area contributed by atoms with Crippen LogP contribution in [0.1, 0.15) is 18.9 Å². The molecule has 1 atom stereocenters. The molecule has 27 heavy (non-hydrogen) atoms. The molecule has 2 aromatic carbocycles. The van der Waals surface area contributed by atoms with E-state index in [1.807, 2.05) is 0 Å². The number of hydrogen-bond acceptors (Lipinski definition) is 3. The minimum absolute atomic E-state index is 0.0946. The zero-order chi connectivity index (χ0) is 19.4. The lowest BCUT2D eigenvalue weighted by Crippen LogP contribution is -2.52. The summed E-state index contributed by atoms with van der Waals surface area (Å²) in [7, 11) is 0. The van der Waals surface area contributed by atoms with Crippen molar-refractivity contribution < 1.29 is 14.7 Å². The van der Waals surface area contributed by atoms with Gasteiger partial charge in [0, 0.05) is 17.6 Å². The molecule has 1 amide bonds. The van der Waals surface area contributed by atoms with Crippen LogP contribution in [-0.2, 0) is 21.7 Å². The number of rotatable bonds is 6. The molecule has 0 bridgehead atoms. The second kappa shape index (κ2) is 7.45. The molecule has 0 spiro atoms. The number of benzene rings is 2. The molecule has 1 unspecified atom stereocenters. The highest BCUT2D eigenvalue weighted by Gasteiger charge is 2.40. The van der Waals surface area contributed by atoms with Crippen LogP contribution >= 0.6 is 0 Å². The van der Waals surface area contributed by atoms with Gasteiger partial charge in [-0.25, -0.2) is 4.79 Å². The molecular formula is C21H20N2O4. The van der Waals surface area contributed by atoms with Gasteiger partial charge in [0.2, 0.25) is 5.91 Å². The number of fused-ring (bicyclic) bond motifs is 1. The van der Waals surface area contributed by atoms with Gasteiger partial charge in [0.25, 0.3) is 0 Å². The first-order chi connectivity index (χ1) is 13.0. The fourth-order valence-electron chi connectivity index (χ4n) is 3.25. The molecule has 0 aliphatic carbocycles. The Balaban J connectivity index is 1.93. The topological polar surface area (TPSA) is 88.4 Å². The molecule has 2 N–H and O–H groups in total. The number of nitrogens with one attached hydrogen (secondary N) is 1. The molecule has 1 aromatic heterocycles. The summed E-state index contributed by atoms with van der Waals surface area (Å²) >= 11 is 0. The first-order valence-corrected chi connectivity index (χ1v) is 8.66. The van der Waals surface area contributed by atoms with Crippen LogP contribution in [0.3, 0.4) is 0 Å². The molecular weight excluding hydrogens is 344 g/mol. The van der Waals surface area contributed by atoms with E-state index in [9.17, 15) is 19.5 Å². The maximum atomic E-state index is 12.7. The molecule has 6 heteroatoms. The van der Waals surface area contributed by atoms with Crippen molar-refractivity contribution in [3.63, 3.8) is 0 Å². The summed E-state index contributed by atoms with van der Waals surface area (Å²) in [6.45, 7) is 1.62. The van der Waals surface area contributed by atoms with Gasteiger partial charge in [-0.15, -0.1) is 0 Å². The highest BCUT2D eigenvalue weighted by molar-refractivity contribution is 5.89. The van der Waals surface area contributed by atoms with Crippen LogP contribution in [0.25, 0.3) is 10.9 Å². The Morgan fingerprint density at radius 2 is 1.70 bits per heavy atom. The average Bonchev–Trinajstić information content (AvgIpc) is 2.69. The summed E-state index contributed by atoms with van der Waals surface area (Å²) in [5, 5.41) is 13.0. The molecule has 0 radical (unpaired) electrons. The molecule has 0 aliphatic rings. The lowest BCUT2D eigenvalue weighted by atomic mass is 9.87. The zero-order valence-corrected chi connectivity index (χ0v) is 14.9. The van der Waals surface area contributed by atoms with Crippen LogP contribution < -0.4 is 10.7 Å². The smallest absolute Gasteiger partial charge is 0.334 e. The first-order valence-electron chi connectivity index (χ1n) is 8.66. The van der Waals surface area contributed by atoms with Crippen molar-refractivity contribution in [3.8, 4) is 0 Å². The largest absolute Gasteiger partial charge is 0.479 e. The number of pyridine rings is 1. The van der Waals surface area contributed by atoms with Crippen molar-refractivity contribution in [2.24, 2.45) is 0 Å². The van der Waals surface area contributed by atoms with Crippen molar-refractivity contribution >= 4 is 22.8 Å². The van der Waals surface area contributed by atoms with E-state index in [4.69, 9.17) is 0 Å². The number of carbonyl (C=O) groups is 2. The highest BCUT2D eigenvalue weighted by Crippen LogP contribution is 2.25. The van der Waals surface area contributed by atoms with Gasteiger partial charge >= 0.3 is 5.97 Å². The van der Waals surface area contributed by atoms with E-state index in [0.717, 1.165) is 0 Å². The quantitative estimate of drug-likeness (QED) is 0.703.